The van der Waals surface area contributed by atoms with Crippen molar-refractivity contribution in [1.29, 1.82) is 0 Å². The van der Waals surface area contributed by atoms with Crippen LogP contribution in [0.2, 0.25) is 0 Å². The molecular weight excluding hydrogens is 304 g/mol. The highest BCUT2D eigenvalue weighted by Gasteiger charge is 2.16. The highest BCUT2D eigenvalue weighted by atomic mass is 32.1. The van der Waals surface area contributed by atoms with Gasteiger partial charge < -0.3 is 10.6 Å². The number of nitrogens with zero attached hydrogens (tertiary/aromatic N) is 2. The third-order valence-corrected chi connectivity index (χ3v) is 5.17. The Morgan fingerprint density at radius 2 is 2.19 bits per heavy atom. The molecule has 0 aliphatic carbocycles. The van der Waals surface area contributed by atoms with Crippen molar-refractivity contribution in [1.82, 2.24) is 20.6 Å². The molecule has 2 amide bonds. The third kappa shape index (κ3) is 4.50. The molecule has 0 saturated carbocycles. The molecule has 0 bridgehead atoms. The Bertz CT molecular complexity index is 567. The van der Waals surface area contributed by atoms with Gasteiger partial charge in [-0.05, 0) is 13.3 Å². The smallest absolute Gasteiger partial charge is 0.315 e. The summed E-state index contributed by atoms with van der Waals surface area (Å²) in [7, 11) is 0. The van der Waals surface area contributed by atoms with Gasteiger partial charge in [0.15, 0.2) is 0 Å². The maximum atomic E-state index is 12.0. The van der Waals surface area contributed by atoms with E-state index in [1.807, 2.05) is 24.6 Å². The zero-order chi connectivity index (χ0) is 15.2. The van der Waals surface area contributed by atoms with Gasteiger partial charge in [-0.2, -0.15) is 0 Å². The minimum Gasteiger partial charge on any atom is -0.337 e. The monoisotopic (exact) mass is 324 g/mol. The number of nitrogens with one attached hydrogen (secondary N) is 2. The van der Waals surface area contributed by atoms with Crippen LogP contribution in [0.5, 0.6) is 0 Å². The summed E-state index contributed by atoms with van der Waals surface area (Å²) in [6, 6.07) is -0.183. The highest BCUT2D eigenvalue weighted by molar-refractivity contribution is 7.10. The lowest BCUT2D eigenvalue weighted by Gasteiger charge is -2.16. The summed E-state index contributed by atoms with van der Waals surface area (Å²) in [5.41, 5.74) is 0.994. The van der Waals surface area contributed by atoms with Gasteiger partial charge in [0.2, 0.25) is 0 Å². The van der Waals surface area contributed by atoms with Crippen LogP contribution in [-0.2, 0) is 0 Å². The molecule has 0 aromatic carbocycles. The number of aromatic nitrogens is 2. The normalized spacial score (nSPS) is 13.7. The topological polar surface area (TPSA) is 66.9 Å². The number of urea groups is 1. The predicted octanol–water partition coefficient (Wildman–Crippen LogP) is 3.46. The number of rotatable bonds is 6. The van der Waals surface area contributed by atoms with Gasteiger partial charge in [0.1, 0.15) is 5.01 Å². The lowest BCUT2D eigenvalue weighted by molar-refractivity contribution is 0.236. The maximum absolute atomic E-state index is 12.0. The van der Waals surface area contributed by atoms with E-state index in [9.17, 15) is 4.79 Å². The average Bonchev–Trinajstić information content (AvgIpc) is 3.13. The standard InChI is InChI=1S/C14H20N4OS2/c1-4-11(13-17-10(3)8-21-13)18-14(19)16-7-9(2)12-15-5-6-20-12/h5-6,8-9,11H,4,7H2,1-3H3,(H2,16,18,19)/t9-,11-/m0/s1. The molecule has 5 nitrogen and oxygen atoms in total. The lowest BCUT2D eigenvalue weighted by Crippen LogP contribution is -2.39. The molecule has 114 valence electrons. The summed E-state index contributed by atoms with van der Waals surface area (Å²) < 4.78 is 0. The lowest BCUT2D eigenvalue weighted by atomic mass is 10.2. The van der Waals surface area contributed by atoms with Crippen LogP contribution in [0.25, 0.3) is 0 Å². The van der Waals surface area contributed by atoms with E-state index in [4.69, 9.17) is 0 Å². The van der Waals surface area contributed by atoms with Crippen LogP contribution in [0.4, 0.5) is 4.79 Å². The van der Waals surface area contributed by atoms with Gasteiger partial charge in [-0.1, -0.05) is 13.8 Å². The number of hydrogen-bond donors (Lipinski definition) is 2. The zero-order valence-corrected chi connectivity index (χ0v) is 14.1. The van der Waals surface area contributed by atoms with Gasteiger partial charge in [0.25, 0.3) is 0 Å². The Morgan fingerprint density at radius 3 is 2.76 bits per heavy atom. The number of carbonyl (C=O) groups is 1. The number of thiazole rings is 2. The van der Waals surface area contributed by atoms with Gasteiger partial charge in [0.05, 0.1) is 11.0 Å². The van der Waals surface area contributed by atoms with E-state index in [0.717, 1.165) is 22.1 Å². The first kappa shape index (κ1) is 15.9. The van der Waals surface area contributed by atoms with E-state index >= 15 is 0 Å². The summed E-state index contributed by atoms with van der Waals surface area (Å²) in [6.45, 7) is 6.63. The van der Waals surface area contributed by atoms with Gasteiger partial charge in [-0.25, -0.2) is 14.8 Å². The second-order valence-corrected chi connectivity index (χ2v) is 6.73. The van der Waals surface area contributed by atoms with Crippen molar-refractivity contribution in [2.24, 2.45) is 0 Å². The number of carbonyl (C=O) groups excluding carboxylic acids is 1. The van der Waals surface area contributed by atoms with Gasteiger partial charge in [-0.15, -0.1) is 22.7 Å². The number of amides is 2. The molecule has 0 saturated heterocycles. The number of aryl methyl sites for hydroxylation is 1. The first-order chi connectivity index (χ1) is 10.1. The van der Waals surface area contributed by atoms with Gasteiger partial charge in [-0.3, -0.25) is 0 Å². The fourth-order valence-electron chi connectivity index (χ4n) is 1.89. The molecule has 2 heterocycles. The van der Waals surface area contributed by atoms with Gasteiger partial charge in [0, 0.05) is 35.1 Å². The Hall–Kier alpha value is -1.47. The Balaban J connectivity index is 1.83. The molecule has 7 heteroatoms. The molecule has 0 spiro atoms. The van der Waals surface area contributed by atoms with Crippen molar-refractivity contribution >= 4 is 28.7 Å². The van der Waals surface area contributed by atoms with Crippen LogP contribution in [-0.4, -0.2) is 22.5 Å². The maximum Gasteiger partial charge on any atom is 0.315 e. The van der Waals surface area contributed by atoms with E-state index < -0.39 is 0 Å². The predicted molar refractivity (Wildman–Crippen MR) is 86.9 cm³/mol. The minimum atomic E-state index is -0.155. The third-order valence-electron chi connectivity index (χ3n) is 3.09. The Morgan fingerprint density at radius 1 is 1.38 bits per heavy atom. The van der Waals surface area contributed by atoms with E-state index in [2.05, 4.69) is 27.5 Å². The van der Waals surface area contributed by atoms with Crippen LogP contribution < -0.4 is 10.6 Å². The molecule has 2 aromatic heterocycles. The van der Waals surface area contributed by atoms with Crippen molar-refractivity contribution in [3.8, 4) is 0 Å². The molecule has 2 aromatic rings. The van der Waals surface area contributed by atoms with Crippen molar-refractivity contribution < 1.29 is 4.79 Å². The second-order valence-electron chi connectivity index (χ2n) is 4.91. The molecular formula is C14H20N4OS2. The molecule has 0 aliphatic rings. The summed E-state index contributed by atoms with van der Waals surface area (Å²) in [5, 5.41) is 11.8. The second kappa shape index (κ2) is 7.51. The van der Waals surface area contributed by atoms with Crippen molar-refractivity contribution in [2.45, 2.75) is 39.2 Å². The summed E-state index contributed by atoms with van der Waals surface area (Å²) in [5.74, 6) is 0.220. The summed E-state index contributed by atoms with van der Waals surface area (Å²) in [6.07, 6.45) is 2.61. The molecule has 0 radical (unpaired) electrons. The SMILES string of the molecule is CC[C@H](NC(=O)NC[C@H](C)c1nccs1)c1nc(C)cs1. The first-order valence-electron chi connectivity index (χ1n) is 6.96. The van der Waals surface area contributed by atoms with Crippen LogP contribution in [0, 0.1) is 6.92 Å². The molecule has 2 rings (SSSR count). The Labute approximate surface area is 132 Å². The molecule has 2 N–H and O–H groups in total. The van der Waals surface area contributed by atoms with E-state index in [1.54, 1.807) is 28.9 Å². The van der Waals surface area contributed by atoms with E-state index in [-0.39, 0.29) is 18.0 Å². The van der Waals surface area contributed by atoms with Crippen LogP contribution >= 0.6 is 22.7 Å². The fourth-order valence-corrected chi connectivity index (χ4v) is 3.52. The molecule has 21 heavy (non-hydrogen) atoms. The van der Waals surface area contributed by atoms with Crippen LogP contribution in [0.1, 0.15) is 47.9 Å². The van der Waals surface area contributed by atoms with Crippen LogP contribution in [0.3, 0.4) is 0 Å². The largest absolute Gasteiger partial charge is 0.337 e. The van der Waals surface area contributed by atoms with Crippen molar-refractivity contribution in [3.05, 3.63) is 32.7 Å². The quantitative estimate of drug-likeness (QED) is 0.855. The fraction of sp³-hybridized carbons (Fsp3) is 0.500. The van der Waals surface area contributed by atoms with Crippen molar-refractivity contribution in [2.75, 3.05) is 6.54 Å². The average molecular weight is 324 g/mol. The highest BCUT2D eigenvalue weighted by Crippen LogP contribution is 2.21. The van der Waals surface area contributed by atoms with E-state index in [0.29, 0.717) is 6.54 Å². The first-order valence-corrected chi connectivity index (χ1v) is 8.71. The van der Waals surface area contributed by atoms with Crippen LogP contribution in [0.15, 0.2) is 17.0 Å². The Kier molecular flexibility index (Phi) is 5.69. The summed E-state index contributed by atoms with van der Waals surface area (Å²) >= 11 is 3.19. The van der Waals surface area contributed by atoms with E-state index in [1.165, 1.54) is 0 Å². The molecule has 0 unspecified atom stereocenters. The molecule has 2 atom stereocenters. The van der Waals surface area contributed by atoms with Gasteiger partial charge >= 0.3 is 6.03 Å². The molecule has 0 aliphatic heterocycles. The number of hydrogen-bond acceptors (Lipinski definition) is 5. The zero-order valence-electron chi connectivity index (χ0n) is 12.4. The van der Waals surface area contributed by atoms with Crippen molar-refractivity contribution in [3.63, 3.8) is 0 Å². The molecule has 0 fully saturated rings. The minimum absolute atomic E-state index is 0.0288. The summed E-state index contributed by atoms with van der Waals surface area (Å²) in [4.78, 5) is 20.7.